The molecule has 0 saturated carbocycles. The van der Waals surface area contributed by atoms with Crippen molar-refractivity contribution in [1.29, 1.82) is 0 Å². The van der Waals surface area contributed by atoms with Gasteiger partial charge in [-0.15, -0.1) is 11.3 Å². The van der Waals surface area contributed by atoms with E-state index in [4.69, 9.17) is 0 Å². The van der Waals surface area contributed by atoms with Crippen LogP contribution in [0.25, 0.3) is 0 Å². The van der Waals surface area contributed by atoms with E-state index in [1.165, 1.54) is 24.2 Å². The predicted octanol–water partition coefficient (Wildman–Crippen LogP) is 0.698. The van der Waals surface area contributed by atoms with Crippen molar-refractivity contribution in [3.05, 3.63) is 17.5 Å². The number of thiophene rings is 1. The Morgan fingerprint density at radius 2 is 2.15 bits per heavy atom. The monoisotopic (exact) mass is 316 g/mol. The van der Waals surface area contributed by atoms with Gasteiger partial charge in [-0.05, 0) is 24.3 Å². The van der Waals surface area contributed by atoms with Crippen LogP contribution in [0, 0.1) is 0 Å². The maximum atomic E-state index is 11.9. The van der Waals surface area contributed by atoms with Crippen LogP contribution in [0.2, 0.25) is 0 Å². The third kappa shape index (κ3) is 3.94. The Bertz CT molecular complexity index is 534. The number of aliphatic imine (C=N–C) groups is 1. The standard InChI is InChI=1S/C12H20N4O2S2/c1-13-12(16-8-2-3-9-16)14-6-7-15-20(17,18)11-5-4-10-19-11/h4-5,10,15H,2-3,6-9H2,1H3,(H,13,14). The van der Waals surface area contributed by atoms with Gasteiger partial charge in [-0.1, -0.05) is 6.07 Å². The summed E-state index contributed by atoms with van der Waals surface area (Å²) in [6.45, 7) is 2.89. The average molecular weight is 316 g/mol. The van der Waals surface area contributed by atoms with Crippen LogP contribution in [0.5, 0.6) is 0 Å². The second-order valence-corrected chi connectivity index (χ2v) is 7.44. The number of sulfonamides is 1. The molecule has 0 spiro atoms. The first-order chi connectivity index (χ1) is 9.63. The molecular weight excluding hydrogens is 296 g/mol. The van der Waals surface area contributed by atoms with Gasteiger partial charge in [0.2, 0.25) is 10.0 Å². The molecule has 1 aliphatic heterocycles. The molecular formula is C12H20N4O2S2. The van der Waals surface area contributed by atoms with Crippen molar-refractivity contribution in [3.8, 4) is 0 Å². The fourth-order valence-electron chi connectivity index (χ4n) is 2.11. The molecule has 2 heterocycles. The maximum Gasteiger partial charge on any atom is 0.250 e. The van der Waals surface area contributed by atoms with Crippen LogP contribution in [-0.4, -0.2) is 52.5 Å². The lowest BCUT2D eigenvalue weighted by Crippen LogP contribution is -2.42. The summed E-state index contributed by atoms with van der Waals surface area (Å²) in [5.41, 5.74) is 0. The molecule has 0 unspecified atom stereocenters. The van der Waals surface area contributed by atoms with Gasteiger partial charge < -0.3 is 10.2 Å². The lowest BCUT2D eigenvalue weighted by atomic mass is 10.4. The summed E-state index contributed by atoms with van der Waals surface area (Å²) in [5, 5.41) is 4.93. The van der Waals surface area contributed by atoms with E-state index in [0.717, 1.165) is 19.0 Å². The van der Waals surface area contributed by atoms with Gasteiger partial charge in [0, 0.05) is 33.2 Å². The van der Waals surface area contributed by atoms with Crippen LogP contribution in [0.4, 0.5) is 0 Å². The Morgan fingerprint density at radius 1 is 1.40 bits per heavy atom. The van der Waals surface area contributed by atoms with Gasteiger partial charge in [-0.25, -0.2) is 13.1 Å². The summed E-state index contributed by atoms with van der Waals surface area (Å²) < 4.78 is 26.7. The minimum atomic E-state index is -3.37. The Morgan fingerprint density at radius 3 is 2.75 bits per heavy atom. The van der Waals surface area contributed by atoms with E-state index in [2.05, 4.69) is 19.9 Å². The molecule has 1 aromatic rings. The number of hydrogen-bond donors (Lipinski definition) is 2. The third-order valence-corrected chi connectivity index (χ3v) is 5.94. The zero-order valence-electron chi connectivity index (χ0n) is 11.5. The van der Waals surface area contributed by atoms with E-state index in [-0.39, 0.29) is 0 Å². The molecule has 0 aliphatic carbocycles. The molecule has 1 saturated heterocycles. The van der Waals surface area contributed by atoms with Gasteiger partial charge in [0.05, 0.1) is 0 Å². The molecule has 0 atom stereocenters. The largest absolute Gasteiger partial charge is 0.355 e. The van der Waals surface area contributed by atoms with Crippen molar-refractivity contribution in [2.75, 3.05) is 33.2 Å². The zero-order chi connectivity index (χ0) is 14.4. The van der Waals surface area contributed by atoms with Gasteiger partial charge in [-0.3, -0.25) is 4.99 Å². The van der Waals surface area contributed by atoms with Crippen LogP contribution in [0.15, 0.2) is 26.7 Å². The molecule has 0 radical (unpaired) electrons. The first-order valence-corrected chi connectivity index (χ1v) is 8.98. The highest BCUT2D eigenvalue weighted by Crippen LogP contribution is 2.14. The number of hydrogen-bond acceptors (Lipinski definition) is 4. The average Bonchev–Trinajstić information content (AvgIpc) is 3.12. The number of rotatable bonds is 5. The van der Waals surface area contributed by atoms with Gasteiger partial charge in [0.1, 0.15) is 4.21 Å². The molecule has 1 aliphatic rings. The summed E-state index contributed by atoms with van der Waals surface area (Å²) in [7, 11) is -1.62. The molecule has 20 heavy (non-hydrogen) atoms. The second-order valence-electron chi connectivity index (χ2n) is 4.50. The highest BCUT2D eigenvalue weighted by atomic mass is 32.2. The number of likely N-dealkylation sites (tertiary alicyclic amines) is 1. The Labute approximate surface area is 124 Å². The van der Waals surface area contributed by atoms with Crippen LogP contribution in [0.1, 0.15) is 12.8 Å². The lowest BCUT2D eigenvalue weighted by Gasteiger charge is -2.20. The van der Waals surface area contributed by atoms with Crippen molar-refractivity contribution in [1.82, 2.24) is 14.9 Å². The Balaban J connectivity index is 1.76. The van der Waals surface area contributed by atoms with Gasteiger partial charge >= 0.3 is 0 Å². The fraction of sp³-hybridized carbons (Fsp3) is 0.583. The highest BCUT2D eigenvalue weighted by Gasteiger charge is 2.16. The van der Waals surface area contributed by atoms with E-state index in [1.807, 2.05) is 0 Å². The van der Waals surface area contributed by atoms with Crippen molar-refractivity contribution in [2.24, 2.45) is 4.99 Å². The number of guanidine groups is 1. The molecule has 1 aromatic heterocycles. The van der Waals surface area contributed by atoms with Crippen LogP contribution >= 0.6 is 11.3 Å². The quantitative estimate of drug-likeness (QED) is 0.476. The van der Waals surface area contributed by atoms with E-state index in [9.17, 15) is 8.42 Å². The molecule has 8 heteroatoms. The topological polar surface area (TPSA) is 73.8 Å². The van der Waals surface area contributed by atoms with E-state index in [0.29, 0.717) is 17.3 Å². The summed E-state index contributed by atoms with van der Waals surface area (Å²) in [6.07, 6.45) is 2.37. The summed E-state index contributed by atoms with van der Waals surface area (Å²) in [4.78, 5) is 6.40. The molecule has 112 valence electrons. The van der Waals surface area contributed by atoms with Crippen molar-refractivity contribution >= 4 is 27.3 Å². The number of nitrogens with one attached hydrogen (secondary N) is 2. The van der Waals surface area contributed by atoms with Crippen molar-refractivity contribution in [2.45, 2.75) is 17.1 Å². The normalized spacial score (nSPS) is 16.6. The molecule has 0 amide bonds. The summed E-state index contributed by atoms with van der Waals surface area (Å²) >= 11 is 1.22. The second kappa shape index (κ2) is 7.05. The van der Waals surface area contributed by atoms with E-state index < -0.39 is 10.0 Å². The first-order valence-electron chi connectivity index (χ1n) is 6.62. The molecule has 6 nitrogen and oxygen atoms in total. The fourth-order valence-corrected chi connectivity index (χ4v) is 4.18. The summed E-state index contributed by atoms with van der Waals surface area (Å²) in [5.74, 6) is 0.845. The Kier molecular flexibility index (Phi) is 5.38. The Hall–Kier alpha value is -1.12. The van der Waals surface area contributed by atoms with Gasteiger partial charge in [-0.2, -0.15) is 0 Å². The van der Waals surface area contributed by atoms with E-state index >= 15 is 0 Å². The maximum absolute atomic E-state index is 11.9. The SMILES string of the molecule is CN=C(NCCNS(=O)(=O)c1cccs1)N1CCCC1. The molecule has 1 fully saturated rings. The molecule has 2 N–H and O–H groups in total. The van der Waals surface area contributed by atoms with Gasteiger partial charge in [0.25, 0.3) is 0 Å². The van der Waals surface area contributed by atoms with Crippen LogP contribution in [-0.2, 0) is 10.0 Å². The van der Waals surface area contributed by atoms with Crippen molar-refractivity contribution < 1.29 is 8.42 Å². The molecule has 0 aromatic carbocycles. The van der Waals surface area contributed by atoms with E-state index in [1.54, 1.807) is 24.6 Å². The minimum Gasteiger partial charge on any atom is -0.355 e. The minimum absolute atomic E-state index is 0.340. The summed E-state index contributed by atoms with van der Waals surface area (Å²) in [6, 6.07) is 3.33. The van der Waals surface area contributed by atoms with Crippen molar-refractivity contribution in [3.63, 3.8) is 0 Å². The molecule has 2 rings (SSSR count). The van der Waals surface area contributed by atoms with Gasteiger partial charge in [0.15, 0.2) is 5.96 Å². The molecule has 0 bridgehead atoms. The zero-order valence-corrected chi connectivity index (χ0v) is 13.1. The lowest BCUT2D eigenvalue weighted by molar-refractivity contribution is 0.493. The first kappa shape index (κ1) is 15.3. The third-order valence-electron chi connectivity index (χ3n) is 3.08. The smallest absolute Gasteiger partial charge is 0.250 e. The highest BCUT2D eigenvalue weighted by molar-refractivity contribution is 7.91. The predicted molar refractivity (Wildman–Crippen MR) is 81.7 cm³/mol. The van der Waals surface area contributed by atoms with Crippen LogP contribution in [0.3, 0.4) is 0 Å². The van der Waals surface area contributed by atoms with Crippen LogP contribution < -0.4 is 10.0 Å². The number of nitrogens with zero attached hydrogens (tertiary/aromatic N) is 2.